The van der Waals surface area contributed by atoms with E-state index in [2.05, 4.69) is 31.1 Å². The summed E-state index contributed by atoms with van der Waals surface area (Å²) in [5, 5.41) is 14.6. The fourth-order valence-corrected chi connectivity index (χ4v) is 5.34. The number of hydrogen-bond acceptors (Lipinski definition) is 3. The first-order chi connectivity index (χ1) is 8.28. The van der Waals surface area contributed by atoms with E-state index in [1.54, 1.807) is 11.3 Å². The summed E-state index contributed by atoms with van der Waals surface area (Å²) in [6.45, 7) is 8.81. The highest BCUT2D eigenvalue weighted by atomic mass is 32.1. The zero-order chi connectivity index (χ0) is 13.2. The summed E-state index contributed by atoms with van der Waals surface area (Å²) in [5.41, 5.74) is 0.581. The maximum Gasteiger partial charge on any atom is 0.0957 e. The van der Waals surface area contributed by atoms with Gasteiger partial charge in [-0.3, -0.25) is 0 Å². The van der Waals surface area contributed by atoms with Gasteiger partial charge in [-0.05, 0) is 42.9 Å². The molecule has 2 nitrogen and oxygen atoms in total. The van der Waals surface area contributed by atoms with Crippen LogP contribution in [0, 0.1) is 23.7 Å². The SMILES string of the molecule is Cc1csc(CC2(O)C3(C)CCC(C3)C2(C)C)n1. The summed E-state index contributed by atoms with van der Waals surface area (Å²) in [4.78, 5) is 4.56. The summed E-state index contributed by atoms with van der Waals surface area (Å²) in [6.07, 6.45) is 4.36. The van der Waals surface area contributed by atoms with Gasteiger partial charge in [0.05, 0.1) is 10.6 Å². The summed E-state index contributed by atoms with van der Waals surface area (Å²) in [6, 6.07) is 0. The molecule has 0 saturated heterocycles. The Bertz CT molecular complexity index is 474. The average Bonchev–Trinajstić information content (AvgIpc) is 2.88. The lowest BCUT2D eigenvalue weighted by atomic mass is 9.59. The summed E-state index contributed by atoms with van der Waals surface area (Å²) in [7, 11) is 0. The van der Waals surface area contributed by atoms with Crippen LogP contribution in [0.1, 0.15) is 50.7 Å². The normalized spacial score (nSPS) is 41.5. The number of rotatable bonds is 2. The lowest BCUT2D eigenvalue weighted by Gasteiger charge is -2.50. The molecule has 100 valence electrons. The van der Waals surface area contributed by atoms with Crippen LogP contribution in [0.15, 0.2) is 5.38 Å². The molecule has 1 heterocycles. The molecule has 1 aromatic rings. The topological polar surface area (TPSA) is 33.1 Å². The maximum atomic E-state index is 11.4. The maximum absolute atomic E-state index is 11.4. The molecule has 1 aromatic heterocycles. The Balaban J connectivity index is 1.97. The summed E-state index contributed by atoms with van der Waals surface area (Å²) < 4.78 is 0. The smallest absolute Gasteiger partial charge is 0.0957 e. The molecule has 2 aliphatic carbocycles. The van der Waals surface area contributed by atoms with Crippen LogP contribution in [0.3, 0.4) is 0 Å². The molecule has 1 N–H and O–H groups in total. The van der Waals surface area contributed by atoms with E-state index in [0.717, 1.165) is 17.1 Å². The van der Waals surface area contributed by atoms with E-state index in [4.69, 9.17) is 0 Å². The molecule has 0 aromatic carbocycles. The first-order valence-corrected chi connectivity index (χ1v) is 7.80. The minimum absolute atomic E-state index is 0.0135. The van der Waals surface area contributed by atoms with E-state index in [0.29, 0.717) is 5.92 Å². The van der Waals surface area contributed by atoms with Crippen molar-refractivity contribution in [3.63, 3.8) is 0 Å². The molecule has 3 atom stereocenters. The summed E-state index contributed by atoms with van der Waals surface area (Å²) >= 11 is 1.69. The second kappa shape index (κ2) is 3.57. The van der Waals surface area contributed by atoms with E-state index in [-0.39, 0.29) is 10.8 Å². The molecule has 2 fully saturated rings. The van der Waals surface area contributed by atoms with Gasteiger partial charge in [-0.1, -0.05) is 20.8 Å². The molecule has 0 spiro atoms. The Labute approximate surface area is 113 Å². The minimum atomic E-state index is -0.590. The molecule has 2 bridgehead atoms. The first-order valence-electron chi connectivity index (χ1n) is 6.92. The van der Waals surface area contributed by atoms with E-state index < -0.39 is 5.60 Å². The van der Waals surface area contributed by atoms with Crippen LogP contribution in [0.5, 0.6) is 0 Å². The van der Waals surface area contributed by atoms with Crippen LogP contribution < -0.4 is 0 Å². The molecule has 3 rings (SSSR count). The van der Waals surface area contributed by atoms with Gasteiger partial charge in [-0.2, -0.15) is 0 Å². The lowest BCUT2D eigenvalue weighted by molar-refractivity contribution is -0.141. The molecule has 3 unspecified atom stereocenters. The number of aromatic nitrogens is 1. The zero-order valence-corrected chi connectivity index (χ0v) is 12.6. The lowest BCUT2D eigenvalue weighted by Crippen LogP contribution is -2.55. The van der Waals surface area contributed by atoms with E-state index in [9.17, 15) is 5.11 Å². The van der Waals surface area contributed by atoms with E-state index >= 15 is 0 Å². The van der Waals surface area contributed by atoms with Crippen LogP contribution in [0.2, 0.25) is 0 Å². The van der Waals surface area contributed by atoms with E-state index in [1.165, 1.54) is 19.3 Å². The van der Waals surface area contributed by atoms with Gasteiger partial charge in [-0.25, -0.2) is 4.98 Å². The predicted octanol–water partition coefficient (Wildman–Crippen LogP) is 3.57. The highest BCUT2D eigenvalue weighted by Crippen LogP contribution is 2.68. The zero-order valence-electron chi connectivity index (χ0n) is 11.8. The fourth-order valence-electron chi connectivity index (χ4n) is 4.49. The van der Waals surface area contributed by atoms with Crippen molar-refractivity contribution < 1.29 is 5.11 Å². The van der Waals surface area contributed by atoms with Gasteiger partial charge >= 0.3 is 0 Å². The van der Waals surface area contributed by atoms with Gasteiger partial charge in [0, 0.05) is 17.5 Å². The third kappa shape index (κ3) is 1.41. The van der Waals surface area contributed by atoms with Gasteiger partial charge in [0.2, 0.25) is 0 Å². The third-order valence-electron chi connectivity index (χ3n) is 5.90. The molecule has 2 saturated carbocycles. The second-order valence-corrected chi connectivity index (χ2v) is 8.08. The highest BCUT2D eigenvalue weighted by Gasteiger charge is 2.68. The number of aryl methyl sites for hydroxylation is 1. The summed E-state index contributed by atoms with van der Waals surface area (Å²) in [5.74, 6) is 0.675. The largest absolute Gasteiger partial charge is 0.388 e. The minimum Gasteiger partial charge on any atom is -0.388 e. The van der Waals surface area contributed by atoms with E-state index in [1.807, 2.05) is 6.92 Å². The average molecular weight is 265 g/mol. The molecule has 0 amide bonds. The quantitative estimate of drug-likeness (QED) is 0.886. The van der Waals surface area contributed by atoms with Crippen LogP contribution in [0.4, 0.5) is 0 Å². The number of hydrogen-bond donors (Lipinski definition) is 1. The number of aliphatic hydroxyl groups is 1. The molecule has 0 radical (unpaired) electrons. The molecular weight excluding hydrogens is 242 g/mol. The Morgan fingerprint density at radius 2 is 2.17 bits per heavy atom. The Hall–Kier alpha value is -0.410. The van der Waals surface area contributed by atoms with Crippen molar-refractivity contribution in [2.75, 3.05) is 0 Å². The van der Waals surface area contributed by atoms with Crippen LogP contribution >= 0.6 is 11.3 Å². The Kier molecular flexibility index (Phi) is 2.50. The third-order valence-corrected chi connectivity index (χ3v) is 6.87. The van der Waals surface area contributed by atoms with Gasteiger partial charge in [0.1, 0.15) is 0 Å². The van der Waals surface area contributed by atoms with Crippen molar-refractivity contribution >= 4 is 11.3 Å². The molecule has 0 aliphatic heterocycles. The number of thiazole rings is 1. The van der Waals surface area contributed by atoms with Crippen molar-refractivity contribution in [1.82, 2.24) is 4.98 Å². The second-order valence-electron chi connectivity index (χ2n) is 7.14. The first kappa shape index (κ1) is 12.6. The Morgan fingerprint density at radius 3 is 2.67 bits per heavy atom. The van der Waals surface area contributed by atoms with Crippen LogP contribution in [0.25, 0.3) is 0 Å². The van der Waals surface area contributed by atoms with Gasteiger partial charge in [0.15, 0.2) is 0 Å². The highest BCUT2D eigenvalue weighted by molar-refractivity contribution is 7.09. The van der Waals surface area contributed by atoms with Crippen molar-refractivity contribution in [2.45, 2.75) is 59.0 Å². The fraction of sp³-hybridized carbons (Fsp3) is 0.800. The van der Waals surface area contributed by atoms with Gasteiger partial charge < -0.3 is 5.11 Å². The Morgan fingerprint density at radius 1 is 1.44 bits per heavy atom. The number of nitrogens with zero attached hydrogens (tertiary/aromatic N) is 1. The molecular formula is C15H23NOS. The van der Waals surface area contributed by atoms with Crippen molar-refractivity contribution in [3.05, 3.63) is 16.1 Å². The number of fused-ring (bicyclic) bond motifs is 2. The molecule has 3 heteroatoms. The van der Waals surface area contributed by atoms with Crippen LogP contribution in [-0.4, -0.2) is 15.7 Å². The molecule has 18 heavy (non-hydrogen) atoms. The van der Waals surface area contributed by atoms with Crippen molar-refractivity contribution in [2.24, 2.45) is 16.7 Å². The van der Waals surface area contributed by atoms with Gasteiger partial charge in [-0.15, -0.1) is 11.3 Å². The predicted molar refractivity (Wildman–Crippen MR) is 74.7 cm³/mol. The van der Waals surface area contributed by atoms with Crippen molar-refractivity contribution in [3.8, 4) is 0 Å². The van der Waals surface area contributed by atoms with Crippen molar-refractivity contribution in [1.29, 1.82) is 0 Å². The standard InChI is InChI=1S/C15H23NOS/c1-10-9-18-12(16-10)8-15(17)13(2,3)11-5-6-14(15,4)7-11/h9,11,17H,5-8H2,1-4H3. The van der Waals surface area contributed by atoms with Crippen LogP contribution in [-0.2, 0) is 6.42 Å². The monoisotopic (exact) mass is 265 g/mol. The van der Waals surface area contributed by atoms with Gasteiger partial charge in [0.25, 0.3) is 0 Å². The molecule has 2 aliphatic rings.